The van der Waals surface area contributed by atoms with Crippen molar-refractivity contribution in [2.24, 2.45) is 17.6 Å². The second kappa shape index (κ2) is 7.28. The Morgan fingerprint density at radius 1 is 1.38 bits per heavy atom. The second-order valence-electron chi connectivity index (χ2n) is 6.68. The van der Waals surface area contributed by atoms with E-state index >= 15 is 0 Å². The first-order chi connectivity index (χ1) is 11.1. The van der Waals surface area contributed by atoms with Gasteiger partial charge in [-0.25, -0.2) is 4.98 Å². The number of aryl methyl sites for hydroxylation is 1. The number of carbonyl (C=O) groups excluding carboxylic acids is 1. The number of halogens is 2. The van der Waals surface area contributed by atoms with Crippen LogP contribution in [0.1, 0.15) is 24.3 Å². The largest absolute Gasteiger partial charge is 0.342 e. The van der Waals surface area contributed by atoms with Crippen molar-refractivity contribution in [3.05, 3.63) is 27.7 Å². The first-order valence-electron chi connectivity index (χ1n) is 8.18. The van der Waals surface area contributed by atoms with Gasteiger partial charge in [-0.1, -0.05) is 15.9 Å². The van der Waals surface area contributed by atoms with Crippen LogP contribution >= 0.6 is 39.7 Å². The van der Waals surface area contributed by atoms with Crippen LogP contribution in [-0.4, -0.2) is 34.9 Å². The molecule has 130 valence electrons. The van der Waals surface area contributed by atoms with Gasteiger partial charge >= 0.3 is 0 Å². The van der Waals surface area contributed by atoms with Gasteiger partial charge in [-0.2, -0.15) is 0 Å². The lowest BCUT2D eigenvalue weighted by Gasteiger charge is -2.18. The third kappa shape index (κ3) is 3.47. The number of benzene rings is 1. The molecule has 3 atom stereocenters. The zero-order valence-electron chi connectivity index (χ0n) is 13.3. The van der Waals surface area contributed by atoms with Crippen LogP contribution in [0.4, 0.5) is 0 Å². The van der Waals surface area contributed by atoms with Gasteiger partial charge in [-0.15, -0.1) is 23.7 Å². The molecule has 2 heterocycles. The van der Waals surface area contributed by atoms with Crippen LogP contribution < -0.4 is 5.73 Å². The van der Waals surface area contributed by atoms with Crippen molar-refractivity contribution in [2.75, 3.05) is 13.1 Å². The zero-order valence-corrected chi connectivity index (χ0v) is 16.5. The minimum Gasteiger partial charge on any atom is -0.342 e. The lowest BCUT2D eigenvalue weighted by molar-refractivity contribution is -0.130. The molecule has 1 aromatic heterocycles. The molecule has 1 aromatic carbocycles. The lowest BCUT2D eigenvalue weighted by atomic mass is 9.98. The topological polar surface area (TPSA) is 59.2 Å². The summed E-state index contributed by atoms with van der Waals surface area (Å²) in [5.41, 5.74) is 7.16. The molecule has 1 aliphatic heterocycles. The Morgan fingerprint density at radius 3 is 3.00 bits per heavy atom. The van der Waals surface area contributed by atoms with Crippen molar-refractivity contribution in [1.29, 1.82) is 0 Å². The molecule has 4 rings (SSSR count). The summed E-state index contributed by atoms with van der Waals surface area (Å²) in [6, 6.07) is 6.42. The minimum absolute atomic E-state index is 0. The monoisotopic (exact) mass is 429 g/mol. The second-order valence-corrected chi connectivity index (χ2v) is 8.71. The van der Waals surface area contributed by atoms with E-state index in [1.165, 1.54) is 11.1 Å². The van der Waals surface area contributed by atoms with Gasteiger partial charge in [0.2, 0.25) is 5.91 Å². The van der Waals surface area contributed by atoms with Crippen molar-refractivity contribution in [3.63, 3.8) is 0 Å². The summed E-state index contributed by atoms with van der Waals surface area (Å²) in [7, 11) is 0. The van der Waals surface area contributed by atoms with Crippen molar-refractivity contribution in [3.8, 4) is 0 Å². The minimum atomic E-state index is 0. The van der Waals surface area contributed by atoms with E-state index in [2.05, 4.69) is 27.0 Å². The summed E-state index contributed by atoms with van der Waals surface area (Å²) in [5, 5.41) is 1.04. The maximum atomic E-state index is 12.5. The molecule has 2 N–H and O–H groups in total. The fourth-order valence-corrected chi connectivity index (χ4v) is 5.23. The van der Waals surface area contributed by atoms with E-state index in [9.17, 15) is 4.79 Å². The van der Waals surface area contributed by atoms with Crippen molar-refractivity contribution >= 4 is 55.8 Å². The summed E-state index contributed by atoms with van der Waals surface area (Å²) in [5.74, 6) is 1.42. The maximum Gasteiger partial charge on any atom is 0.223 e. The van der Waals surface area contributed by atoms with E-state index in [0.717, 1.165) is 40.9 Å². The zero-order chi connectivity index (χ0) is 16.0. The number of hydrogen-bond donors (Lipinski definition) is 1. The van der Waals surface area contributed by atoms with Gasteiger partial charge < -0.3 is 10.6 Å². The van der Waals surface area contributed by atoms with E-state index < -0.39 is 0 Å². The third-order valence-corrected chi connectivity index (χ3v) is 6.80. The Labute approximate surface area is 160 Å². The number of rotatable bonds is 3. The van der Waals surface area contributed by atoms with Gasteiger partial charge in [0.25, 0.3) is 0 Å². The van der Waals surface area contributed by atoms with Crippen molar-refractivity contribution in [1.82, 2.24) is 9.88 Å². The molecule has 1 saturated carbocycles. The number of carbonyl (C=O) groups is 1. The SMILES string of the molecule is Cl.NC1CCC2CN(C(=O)CCc3nc4cc(Br)ccc4s3)CC12. The van der Waals surface area contributed by atoms with Gasteiger partial charge in [-0.05, 0) is 42.9 Å². The summed E-state index contributed by atoms with van der Waals surface area (Å²) < 4.78 is 2.22. The van der Waals surface area contributed by atoms with Crippen molar-refractivity contribution in [2.45, 2.75) is 31.7 Å². The first kappa shape index (κ1) is 18.1. The highest BCUT2D eigenvalue weighted by Crippen LogP contribution is 2.37. The number of nitrogens with zero attached hydrogens (tertiary/aromatic N) is 2. The Bertz CT molecular complexity index is 753. The van der Waals surface area contributed by atoms with E-state index in [0.29, 0.717) is 24.3 Å². The molecule has 4 nitrogen and oxygen atoms in total. The van der Waals surface area contributed by atoms with E-state index in [1.807, 2.05) is 17.0 Å². The molecule has 7 heteroatoms. The lowest BCUT2D eigenvalue weighted by Crippen LogP contribution is -2.33. The normalized spacial score (nSPS) is 25.8. The third-order valence-electron chi connectivity index (χ3n) is 5.21. The summed E-state index contributed by atoms with van der Waals surface area (Å²) >= 11 is 5.16. The molecule has 24 heavy (non-hydrogen) atoms. The maximum absolute atomic E-state index is 12.5. The molecule has 1 saturated heterocycles. The van der Waals surface area contributed by atoms with Crippen LogP contribution in [0.3, 0.4) is 0 Å². The number of nitrogens with two attached hydrogens (primary N) is 1. The summed E-state index contributed by atoms with van der Waals surface area (Å²) in [6.45, 7) is 1.77. The molecule has 0 radical (unpaired) electrons. The van der Waals surface area contributed by atoms with Crippen molar-refractivity contribution < 1.29 is 4.79 Å². The Hall–Kier alpha value is -0.690. The smallest absolute Gasteiger partial charge is 0.223 e. The van der Waals surface area contributed by atoms with E-state index in [1.54, 1.807) is 11.3 Å². The van der Waals surface area contributed by atoms with Crippen LogP contribution in [0.2, 0.25) is 0 Å². The van der Waals surface area contributed by atoms with Crippen LogP contribution in [0.5, 0.6) is 0 Å². The molecule has 1 amide bonds. The number of likely N-dealkylation sites (tertiary alicyclic amines) is 1. The number of fused-ring (bicyclic) bond motifs is 2. The molecule has 0 spiro atoms. The predicted octanol–water partition coefficient (Wildman–Crippen LogP) is 3.61. The highest BCUT2D eigenvalue weighted by Gasteiger charge is 2.42. The fraction of sp³-hybridized carbons (Fsp3) is 0.529. The molecule has 0 bridgehead atoms. The van der Waals surface area contributed by atoms with Crippen LogP contribution in [0.25, 0.3) is 10.2 Å². The Kier molecular flexibility index (Phi) is 5.49. The predicted molar refractivity (Wildman–Crippen MR) is 104 cm³/mol. The number of aromatic nitrogens is 1. The standard InChI is InChI=1S/C17H20BrN3OS.ClH/c18-11-2-4-15-14(7-11)20-16(23-15)5-6-17(22)21-8-10-1-3-13(19)12(10)9-21;/h2,4,7,10,12-13H,1,3,5-6,8-9,19H2;1H. The average Bonchev–Trinajstić information content (AvgIpc) is 3.20. The molecule has 2 aliphatic rings. The Morgan fingerprint density at radius 2 is 2.21 bits per heavy atom. The average molecular weight is 431 g/mol. The van der Waals surface area contributed by atoms with Gasteiger partial charge in [0.15, 0.2) is 0 Å². The molecular weight excluding hydrogens is 410 g/mol. The van der Waals surface area contributed by atoms with Crippen LogP contribution in [-0.2, 0) is 11.2 Å². The summed E-state index contributed by atoms with van der Waals surface area (Å²) in [6.07, 6.45) is 3.59. The van der Waals surface area contributed by atoms with E-state index in [-0.39, 0.29) is 18.3 Å². The summed E-state index contributed by atoms with van der Waals surface area (Å²) in [4.78, 5) is 19.1. The molecule has 1 aliphatic carbocycles. The fourth-order valence-electron chi connectivity index (χ4n) is 3.94. The van der Waals surface area contributed by atoms with Gasteiger partial charge in [0.1, 0.15) is 0 Å². The van der Waals surface area contributed by atoms with Crippen LogP contribution in [0.15, 0.2) is 22.7 Å². The van der Waals surface area contributed by atoms with Gasteiger partial charge in [-0.3, -0.25) is 4.79 Å². The number of thiazole rings is 1. The molecule has 3 unspecified atom stereocenters. The number of amides is 1. The van der Waals surface area contributed by atoms with Gasteiger partial charge in [0, 0.05) is 36.4 Å². The van der Waals surface area contributed by atoms with E-state index in [4.69, 9.17) is 5.73 Å². The first-order valence-corrected chi connectivity index (χ1v) is 9.79. The Balaban J connectivity index is 0.00000169. The molecule has 2 aromatic rings. The number of hydrogen-bond acceptors (Lipinski definition) is 4. The van der Waals surface area contributed by atoms with Crippen LogP contribution in [0, 0.1) is 11.8 Å². The highest BCUT2D eigenvalue weighted by atomic mass is 79.9. The highest BCUT2D eigenvalue weighted by molar-refractivity contribution is 9.10. The van der Waals surface area contributed by atoms with Gasteiger partial charge in [0.05, 0.1) is 15.2 Å². The molecule has 2 fully saturated rings. The molecular formula is C17H21BrClN3OS. The quantitative estimate of drug-likeness (QED) is 0.809.